The Labute approximate surface area is 220 Å². The Hall–Kier alpha value is -3.68. The molecule has 8 heteroatoms. The first-order valence-electron chi connectivity index (χ1n) is 12.5. The highest BCUT2D eigenvalue weighted by Crippen LogP contribution is 2.31. The molecule has 0 fully saturated rings. The van der Waals surface area contributed by atoms with Crippen LogP contribution in [0.4, 0.5) is 5.69 Å². The van der Waals surface area contributed by atoms with Crippen LogP contribution >= 0.6 is 11.6 Å². The monoisotopic (exact) mass is 517 g/mol. The predicted molar refractivity (Wildman–Crippen MR) is 145 cm³/mol. The SMILES string of the molecule is O=C(CN(CCOc1ccc2c3c([nH]c2c1)CCCC3)Cc1ccccc1)c1ccc(Cl)c([N+](=O)[O-])c1. The molecule has 5 rings (SSSR count). The van der Waals surface area contributed by atoms with Crippen LogP contribution in [0.2, 0.25) is 5.02 Å². The number of ether oxygens (including phenoxy) is 1. The number of H-pyrrole nitrogens is 1. The number of aromatic nitrogens is 1. The minimum absolute atomic E-state index is 0.0102. The molecule has 0 radical (unpaired) electrons. The molecule has 0 saturated carbocycles. The molecule has 0 unspecified atom stereocenters. The number of nitrogens with zero attached hydrogens (tertiary/aromatic N) is 2. The molecule has 0 atom stereocenters. The van der Waals surface area contributed by atoms with Crippen molar-refractivity contribution in [3.05, 3.63) is 104 Å². The van der Waals surface area contributed by atoms with E-state index in [0.717, 1.165) is 29.7 Å². The van der Waals surface area contributed by atoms with Crippen molar-refractivity contribution in [2.24, 2.45) is 0 Å². The summed E-state index contributed by atoms with van der Waals surface area (Å²) in [4.78, 5) is 29.3. The highest BCUT2D eigenvalue weighted by molar-refractivity contribution is 6.32. The van der Waals surface area contributed by atoms with E-state index in [1.807, 2.05) is 47.4 Å². The van der Waals surface area contributed by atoms with Crippen LogP contribution in [0.1, 0.15) is 40.0 Å². The van der Waals surface area contributed by atoms with E-state index in [1.165, 1.54) is 47.7 Å². The van der Waals surface area contributed by atoms with Gasteiger partial charge in [-0.2, -0.15) is 0 Å². The van der Waals surface area contributed by atoms with E-state index in [0.29, 0.717) is 19.7 Å². The van der Waals surface area contributed by atoms with Gasteiger partial charge in [0.05, 0.1) is 11.5 Å². The molecule has 0 aliphatic heterocycles. The van der Waals surface area contributed by atoms with Crippen molar-refractivity contribution in [2.45, 2.75) is 32.2 Å². The highest BCUT2D eigenvalue weighted by Gasteiger charge is 2.19. The number of rotatable bonds is 10. The number of carbonyl (C=O) groups is 1. The molecule has 1 heterocycles. The molecule has 1 aromatic heterocycles. The Bertz CT molecular complexity index is 1430. The molecule has 4 aromatic rings. The minimum atomic E-state index is -0.577. The third kappa shape index (κ3) is 5.84. The van der Waals surface area contributed by atoms with E-state index in [2.05, 4.69) is 11.1 Å². The molecule has 3 aromatic carbocycles. The van der Waals surface area contributed by atoms with Crippen LogP contribution in [-0.4, -0.2) is 40.3 Å². The number of hydrogen-bond acceptors (Lipinski definition) is 5. The van der Waals surface area contributed by atoms with Gasteiger partial charge in [0.15, 0.2) is 5.78 Å². The first-order chi connectivity index (χ1) is 18.0. The number of aryl methyl sites for hydroxylation is 2. The number of aromatic amines is 1. The number of carbonyl (C=O) groups excluding carboxylic acids is 1. The molecular formula is C29H28ClN3O4. The van der Waals surface area contributed by atoms with Crippen molar-refractivity contribution in [2.75, 3.05) is 19.7 Å². The Balaban J connectivity index is 1.27. The van der Waals surface area contributed by atoms with Crippen LogP contribution < -0.4 is 4.74 Å². The van der Waals surface area contributed by atoms with Gasteiger partial charge in [0, 0.05) is 47.4 Å². The smallest absolute Gasteiger partial charge is 0.288 e. The maximum Gasteiger partial charge on any atom is 0.288 e. The van der Waals surface area contributed by atoms with Crippen LogP contribution in [0.15, 0.2) is 66.7 Å². The van der Waals surface area contributed by atoms with Gasteiger partial charge in [-0.3, -0.25) is 19.8 Å². The normalized spacial score (nSPS) is 13.0. The van der Waals surface area contributed by atoms with Gasteiger partial charge < -0.3 is 9.72 Å². The number of nitro groups is 1. The standard InChI is InChI=1S/C29H28ClN3O4/c30-25-13-10-21(16-28(25)33(35)36)29(34)19-32(18-20-6-2-1-3-7-20)14-15-37-22-11-12-24-23-8-4-5-9-26(23)31-27(24)17-22/h1-3,6-7,10-13,16-17,31H,4-5,8-9,14-15,18-19H2. The molecular weight excluding hydrogens is 490 g/mol. The lowest BCUT2D eigenvalue weighted by Gasteiger charge is -2.22. The van der Waals surface area contributed by atoms with Crippen molar-refractivity contribution in [3.8, 4) is 5.75 Å². The van der Waals surface area contributed by atoms with Crippen LogP contribution in [-0.2, 0) is 19.4 Å². The van der Waals surface area contributed by atoms with Crippen molar-refractivity contribution in [1.82, 2.24) is 9.88 Å². The van der Waals surface area contributed by atoms with E-state index in [4.69, 9.17) is 16.3 Å². The highest BCUT2D eigenvalue weighted by atomic mass is 35.5. The fraction of sp³-hybridized carbons (Fsp3) is 0.276. The number of nitro benzene ring substituents is 1. The van der Waals surface area contributed by atoms with Crippen LogP contribution in [0.25, 0.3) is 10.9 Å². The molecule has 1 N–H and O–H groups in total. The van der Waals surface area contributed by atoms with Crippen molar-refractivity contribution in [3.63, 3.8) is 0 Å². The summed E-state index contributed by atoms with van der Waals surface area (Å²) in [7, 11) is 0. The molecule has 7 nitrogen and oxygen atoms in total. The van der Waals surface area contributed by atoms with E-state index < -0.39 is 4.92 Å². The maximum absolute atomic E-state index is 13.1. The lowest BCUT2D eigenvalue weighted by Crippen LogP contribution is -2.33. The summed E-state index contributed by atoms with van der Waals surface area (Å²) >= 11 is 5.92. The second-order valence-corrected chi connectivity index (χ2v) is 9.79. The van der Waals surface area contributed by atoms with Crippen molar-refractivity contribution < 1.29 is 14.5 Å². The molecule has 190 valence electrons. The number of halogens is 1. The zero-order valence-electron chi connectivity index (χ0n) is 20.4. The number of ketones is 1. The summed E-state index contributed by atoms with van der Waals surface area (Å²) in [5.74, 6) is 0.569. The Morgan fingerprint density at radius 1 is 1.05 bits per heavy atom. The van der Waals surface area contributed by atoms with Crippen molar-refractivity contribution in [1.29, 1.82) is 0 Å². The third-order valence-corrected chi connectivity index (χ3v) is 7.15. The summed E-state index contributed by atoms with van der Waals surface area (Å²) in [5, 5.41) is 12.5. The van der Waals surface area contributed by atoms with Crippen LogP contribution in [0, 0.1) is 10.1 Å². The van der Waals surface area contributed by atoms with E-state index in [1.54, 1.807) is 0 Å². The van der Waals surface area contributed by atoms with Gasteiger partial charge >= 0.3 is 0 Å². The summed E-state index contributed by atoms with van der Waals surface area (Å²) in [6.07, 6.45) is 4.67. The summed E-state index contributed by atoms with van der Waals surface area (Å²) < 4.78 is 6.09. The first kappa shape index (κ1) is 25.0. The second-order valence-electron chi connectivity index (χ2n) is 9.39. The molecule has 0 saturated heterocycles. The fourth-order valence-electron chi connectivity index (χ4n) is 4.95. The largest absolute Gasteiger partial charge is 0.492 e. The van der Waals surface area contributed by atoms with Crippen LogP contribution in [0.5, 0.6) is 5.75 Å². The second kappa shape index (κ2) is 11.2. The fourth-order valence-corrected chi connectivity index (χ4v) is 5.14. The third-order valence-electron chi connectivity index (χ3n) is 6.83. The molecule has 0 amide bonds. The number of Topliss-reactive ketones (excluding diaryl/α,β-unsaturated/α-hetero) is 1. The summed E-state index contributed by atoms with van der Waals surface area (Å²) in [5.41, 5.74) is 4.93. The summed E-state index contributed by atoms with van der Waals surface area (Å²) in [6.45, 7) is 1.55. The number of nitrogens with one attached hydrogen (secondary N) is 1. The molecule has 0 bridgehead atoms. The predicted octanol–water partition coefficient (Wildman–Crippen LogP) is 6.37. The average molecular weight is 518 g/mol. The molecule has 1 aliphatic carbocycles. The molecule has 0 spiro atoms. The van der Waals surface area contributed by atoms with Gasteiger partial charge in [-0.05, 0) is 61.1 Å². The first-order valence-corrected chi connectivity index (χ1v) is 12.9. The Morgan fingerprint density at radius 2 is 1.86 bits per heavy atom. The van der Waals surface area contributed by atoms with Gasteiger partial charge in [0.2, 0.25) is 0 Å². The van der Waals surface area contributed by atoms with Crippen LogP contribution in [0.3, 0.4) is 0 Å². The van der Waals surface area contributed by atoms with Gasteiger partial charge in [-0.25, -0.2) is 0 Å². The summed E-state index contributed by atoms with van der Waals surface area (Å²) in [6, 6.07) is 20.2. The number of fused-ring (bicyclic) bond motifs is 3. The van der Waals surface area contributed by atoms with E-state index in [-0.39, 0.29) is 28.6 Å². The Morgan fingerprint density at radius 3 is 2.68 bits per heavy atom. The minimum Gasteiger partial charge on any atom is -0.492 e. The average Bonchev–Trinajstić information content (AvgIpc) is 3.27. The van der Waals surface area contributed by atoms with Gasteiger partial charge in [0.1, 0.15) is 17.4 Å². The topological polar surface area (TPSA) is 88.5 Å². The number of hydrogen-bond donors (Lipinski definition) is 1. The zero-order chi connectivity index (χ0) is 25.8. The molecule has 1 aliphatic rings. The van der Waals surface area contributed by atoms with E-state index in [9.17, 15) is 14.9 Å². The lowest BCUT2D eigenvalue weighted by molar-refractivity contribution is -0.384. The maximum atomic E-state index is 13.1. The zero-order valence-corrected chi connectivity index (χ0v) is 21.2. The van der Waals surface area contributed by atoms with Gasteiger partial charge in [-0.15, -0.1) is 0 Å². The number of benzene rings is 3. The lowest BCUT2D eigenvalue weighted by atomic mass is 9.96. The van der Waals surface area contributed by atoms with Gasteiger partial charge in [-0.1, -0.05) is 41.9 Å². The quantitative estimate of drug-likeness (QED) is 0.150. The Kier molecular flexibility index (Phi) is 7.53. The van der Waals surface area contributed by atoms with Gasteiger partial charge in [0.25, 0.3) is 5.69 Å². The van der Waals surface area contributed by atoms with E-state index >= 15 is 0 Å². The molecule has 37 heavy (non-hydrogen) atoms. The van der Waals surface area contributed by atoms with Crippen molar-refractivity contribution >= 4 is 34.0 Å².